The first-order valence-electron chi connectivity index (χ1n) is 4.74. The van der Waals surface area contributed by atoms with Crippen molar-refractivity contribution in [3.8, 4) is 0 Å². The second kappa shape index (κ2) is 5.04. The Balaban J connectivity index is 2.13. The molecule has 1 heterocycles. The Morgan fingerprint density at radius 1 is 1.44 bits per heavy atom. The van der Waals surface area contributed by atoms with Crippen molar-refractivity contribution in [2.75, 3.05) is 13.1 Å². The van der Waals surface area contributed by atoms with Gasteiger partial charge in [-0.25, -0.2) is 4.79 Å². The molecule has 0 aromatic carbocycles. The largest absolute Gasteiger partial charge is 0.405 e. The number of rotatable bonds is 3. The van der Waals surface area contributed by atoms with Crippen LogP contribution < -0.4 is 16.0 Å². The van der Waals surface area contributed by atoms with E-state index in [1.54, 1.807) is 5.32 Å². The molecule has 0 spiro atoms. The Morgan fingerprint density at radius 2 is 2.12 bits per heavy atom. The molecular formula is C8H12F3N3O2. The maximum absolute atomic E-state index is 11.7. The van der Waals surface area contributed by atoms with Crippen LogP contribution in [-0.4, -0.2) is 37.2 Å². The fourth-order valence-corrected chi connectivity index (χ4v) is 1.29. The van der Waals surface area contributed by atoms with Crippen molar-refractivity contribution in [1.29, 1.82) is 0 Å². The molecular weight excluding hydrogens is 227 g/mol. The minimum absolute atomic E-state index is 0.109. The van der Waals surface area contributed by atoms with Crippen LogP contribution in [0.5, 0.6) is 0 Å². The van der Waals surface area contributed by atoms with Crippen LogP contribution in [0.1, 0.15) is 12.8 Å². The van der Waals surface area contributed by atoms with Gasteiger partial charge in [0.25, 0.3) is 0 Å². The van der Waals surface area contributed by atoms with E-state index in [2.05, 4.69) is 10.6 Å². The highest BCUT2D eigenvalue weighted by atomic mass is 19.4. The highest BCUT2D eigenvalue weighted by Crippen LogP contribution is 2.11. The molecule has 8 heteroatoms. The predicted octanol–water partition coefficient (Wildman–Crippen LogP) is 0.126. The Hall–Kier alpha value is -1.47. The number of carbonyl (C=O) groups is 2. The van der Waals surface area contributed by atoms with Crippen LogP contribution >= 0.6 is 0 Å². The highest BCUT2D eigenvalue weighted by molar-refractivity contribution is 5.79. The van der Waals surface area contributed by atoms with E-state index in [1.807, 2.05) is 0 Å². The van der Waals surface area contributed by atoms with Crippen LogP contribution in [0, 0.1) is 0 Å². The number of nitrogens with one attached hydrogen (secondary N) is 3. The number of amides is 3. The molecule has 1 aliphatic rings. The molecule has 0 bridgehead atoms. The first-order chi connectivity index (χ1) is 7.37. The Labute approximate surface area is 89.8 Å². The average Bonchev–Trinajstić information content (AvgIpc) is 2.57. The number of carbonyl (C=O) groups excluding carboxylic acids is 2. The van der Waals surface area contributed by atoms with E-state index in [0.29, 0.717) is 12.8 Å². The van der Waals surface area contributed by atoms with E-state index in [1.165, 1.54) is 0 Å². The van der Waals surface area contributed by atoms with Crippen molar-refractivity contribution in [2.24, 2.45) is 0 Å². The van der Waals surface area contributed by atoms with Gasteiger partial charge in [0.05, 0.1) is 0 Å². The zero-order valence-corrected chi connectivity index (χ0v) is 8.36. The van der Waals surface area contributed by atoms with Gasteiger partial charge in [-0.15, -0.1) is 0 Å². The SMILES string of the molecule is O=C1CCC(CNC(=O)NCC(F)(F)F)N1. The normalized spacial score (nSPS) is 20.4. The minimum atomic E-state index is -4.42. The number of hydrogen-bond donors (Lipinski definition) is 3. The Bertz CT molecular complexity index is 280. The number of hydrogen-bond acceptors (Lipinski definition) is 2. The lowest BCUT2D eigenvalue weighted by Gasteiger charge is -2.13. The minimum Gasteiger partial charge on any atom is -0.352 e. The lowest BCUT2D eigenvalue weighted by molar-refractivity contribution is -0.122. The average molecular weight is 239 g/mol. The van der Waals surface area contributed by atoms with Gasteiger partial charge < -0.3 is 16.0 Å². The lowest BCUT2D eigenvalue weighted by atomic mass is 10.2. The van der Waals surface area contributed by atoms with Gasteiger partial charge in [0.1, 0.15) is 6.54 Å². The molecule has 5 nitrogen and oxygen atoms in total. The lowest BCUT2D eigenvalue weighted by Crippen LogP contribution is -2.45. The van der Waals surface area contributed by atoms with Crippen LogP contribution in [0.3, 0.4) is 0 Å². The molecule has 0 aromatic rings. The van der Waals surface area contributed by atoms with E-state index in [0.717, 1.165) is 0 Å². The maximum Gasteiger partial charge on any atom is 0.405 e. The summed E-state index contributed by atoms with van der Waals surface area (Å²) in [5.74, 6) is -0.109. The van der Waals surface area contributed by atoms with Gasteiger partial charge in [0.2, 0.25) is 5.91 Å². The fraction of sp³-hybridized carbons (Fsp3) is 0.750. The summed E-state index contributed by atoms with van der Waals surface area (Å²) < 4.78 is 35.1. The monoisotopic (exact) mass is 239 g/mol. The zero-order valence-electron chi connectivity index (χ0n) is 8.36. The summed E-state index contributed by atoms with van der Waals surface area (Å²) >= 11 is 0. The molecule has 92 valence electrons. The summed E-state index contributed by atoms with van der Waals surface area (Å²) in [6, 6.07) is -1.08. The molecule has 1 saturated heterocycles. The highest BCUT2D eigenvalue weighted by Gasteiger charge is 2.28. The molecule has 0 saturated carbocycles. The van der Waals surface area contributed by atoms with Crippen molar-refractivity contribution in [2.45, 2.75) is 25.1 Å². The Kier molecular flexibility index (Phi) is 3.97. The van der Waals surface area contributed by atoms with Gasteiger partial charge in [-0.2, -0.15) is 13.2 Å². The van der Waals surface area contributed by atoms with Gasteiger partial charge in [-0.1, -0.05) is 0 Å². The third kappa shape index (κ3) is 4.85. The van der Waals surface area contributed by atoms with E-state index in [-0.39, 0.29) is 18.5 Å². The zero-order chi connectivity index (χ0) is 12.2. The molecule has 3 amide bonds. The number of alkyl halides is 3. The molecule has 1 rings (SSSR count). The van der Waals surface area contributed by atoms with E-state index in [9.17, 15) is 22.8 Å². The second-order valence-electron chi connectivity index (χ2n) is 3.48. The summed E-state index contributed by atoms with van der Waals surface area (Å²) in [6.07, 6.45) is -3.45. The molecule has 1 unspecified atom stereocenters. The maximum atomic E-state index is 11.7. The first-order valence-corrected chi connectivity index (χ1v) is 4.74. The van der Waals surface area contributed by atoms with Crippen LogP contribution in [-0.2, 0) is 4.79 Å². The molecule has 3 N–H and O–H groups in total. The number of urea groups is 1. The van der Waals surface area contributed by atoms with Crippen molar-refractivity contribution in [3.63, 3.8) is 0 Å². The van der Waals surface area contributed by atoms with E-state index < -0.39 is 18.8 Å². The summed E-state index contributed by atoms with van der Waals surface area (Å²) in [7, 11) is 0. The van der Waals surface area contributed by atoms with Gasteiger partial charge in [0, 0.05) is 19.0 Å². The van der Waals surface area contributed by atoms with Crippen LogP contribution in [0.4, 0.5) is 18.0 Å². The quantitative estimate of drug-likeness (QED) is 0.655. The van der Waals surface area contributed by atoms with Crippen molar-refractivity contribution < 1.29 is 22.8 Å². The summed E-state index contributed by atoms with van der Waals surface area (Å²) in [4.78, 5) is 21.7. The second-order valence-corrected chi connectivity index (χ2v) is 3.48. The smallest absolute Gasteiger partial charge is 0.352 e. The van der Waals surface area contributed by atoms with Crippen molar-refractivity contribution >= 4 is 11.9 Å². The molecule has 16 heavy (non-hydrogen) atoms. The molecule has 1 atom stereocenters. The Morgan fingerprint density at radius 3 is 2.62 bits per heavy atom. The summed E-state index contributed by atoms with van der Waals surface area (Å²) in [5, 5.41) is 6.50. The molecule has 0 aliphatic carbocycles. The van der Waals surface area contributed by atoms with Crippen molar-refractivity contribution in [3.05, 3.63) is 0 Å². The molecule has 0 radical (unpaired) electrons. The molecule has 1 fully saturated rings. The topological polar surface area (TPSA) is 70.2 Å². The van der Waals surface area contributed by atoms with E-state index in [4.69, 9.17) is 0 Å². The van der Waals surface area contributed by atoms with Crippen molar-refractivity contribution in [1.82, 2.24) is 16.0 Å². The van der Waals surface area contributed by atoms with E-state index >= 15 is 0 Å². The molecule has 1 aliphatic heterocycles. The van der Waals surface area contributed by atoms with Gasteiger partial charge in [-0.05, 0) is 6.42 Å². The van der Waals surface area contributed by atoms with Crippen LogP contribution in [0.15, 0.2) is 0 Å². The molecule has 0 aromatic heterocycles. The van der Waals surface area contributed by atoms with Crippen LogP contribution in [0.2, 0.25) is 0 Å². The van der Waals surface area contributed by atoms with Crippen LogP contribution in [0.25, 0.3) is 0 Å². The summed E-state index contributed by atoms with van der Waals surface area (Å²) in [6.45, 7) is -1.23. The first kappa shape index (κ1) is 12.6. The number of halogens is 3. The standard InChI is InChI=1S/C8H12F3N3O2/c9-8(10,11)4-13-7(16)12-3-5-1-2-6(15)14-5/h5H,1-4H2,(H,14,15)(H2,12,13,16). The predicted molar refractivity (Wildman–Crippen MR) is 48.6 cm³/mol. The third-order valence-corrected chi connectivity index (χ3v) is 2.04. The summed E-state index contributed by atoms with van der Waals surface area (Å²) in [5.41, 5.74) is 0. The van der Waals surface area contributed by atoms with Gasteiger partial charge in [-0.3, -0.25) is 4.79 Å². The van der Waals surface area contributed by atoms with Gasteiger partial charge in [0.15, 0.2) is 0 Å². The third-order valence-electron chi connectivity index (χ3n) is 2.04. The van der Waals surface area contributed by atoms with Gasteiger partial charge >= 0.3 is 12.2 Å². The fourth-order valence-electron chi connectivity index (χ4n) is 1.29.